The van der Waals surface area contributed by atoms with Gasteiger partial charge in [0.15, 0.2) is 0 Å². The van der Waals surface area contributed by atoms with Crippen LogP contribution in [-0.4, -0.2) is 12.1 Å². The third kappa shape index (κ3) is 0.816. The molecule has 10 heavy (non-hydrogen) atoms. The third-order valence-corrected chi connectivity index (χ3v) is 2.45. The molecule has 0 aromatic carbocycles. The molecule has 2 rings (SSSR count). The van der Waals surface area contributed by atoms with Gasteiger partial charge in [0.05, 0.1) is 0 Å². The maximum absolute atomic E-state index is 3.83. The van der Waals surface area contributed by atoms with Gasteiger partial charge >= 0.3 is 0 Å². The fourth-order valence-electron chi connectivity index (χ4n) is 1.81. The molecule has 0 spiro atoms. The van der Waals surface area contributed by atoms with Crippen molar-refractivity contribution in [3.63, 3.8) is 0 Å². The van der Waals surface area contributed by atoms with E-state index in [1.54, 1.807) is 0 Å². The van der Waals surface area contributed by atoms with Crippen LogP contribution >= 0.6 is 0 Å². The van der Waals surface area contributed by atoms with Gasteiger partial charge in [-0.05, 0) is 19.3 Å². The molecule has 0 unspecified atom stereocenters. The summed E-state index contributed by atoms with van der Waals surface area (Å²) in [4.78, 5) is 0. The largest absolute Gasteiger partial charge is 0.304 e. The number of allylic oxidation sites excluding steroid dienone is 1. The van der Waals surface area contributed by atoms with Gasteiger partial charge in [-0.1, -0.05) is 17.7 Å². The summed E-state index contributed by atoms with van der Waals surface area (Å²) in [5.41, 5.74) is 1.51. The van der Waals surface area contributed by atoms with Crippen LogP contribution in [-0.2, 0) is 0 Å². The van der Waals surface area contributed by atoms with Gasteiger partial charge in [-0.3, -0.25) is 0 Å². The van der Waals surface area contributed by atoms with Crippen molar-refractivity contribution in [1.29, 1.82) is 0 Å². The van der Waals surface area contributed by atoms with Gasteiger partial charge in [0.25, 0.3) is 0 Å². The zero-order valence-electron chi connectivity index (χ0n) is 6.30. The molecule has 0 bridgehead atoms. The molecule has 0 radical (unpaired) electrons. The Morgan fingerprint density at radius 2 is 2.60 bits per heavy atom. The van der Waals surface area contributed by atoms with Crippen LogP contribution in [0, 0.1) is 5.92 Å². The Hall–Kier alpha value is -0.560. The minimum absolute atomic E-state index is 0.678. The van der Waals surface area contributed by atoms with Crippen LogP contribution in [0.5, 0.6) is 0 Å². The van der Waals surface area contributed by atoms with E-state index in [2.05, 4.69) is 31.0 Å². The topological polar surface area (TPSA) is 21.9 Å². The second-order valence-electron chi connectivity index (χ2n) is 3.33. The minimum Gasteiger partial charge on any atom is -0.304 e. The maximum Gasteiger partial charge on any atom is 0.0416 e. The molecule has 1 fully saturated rings. The Morgan fingerprint density at radius 3 is 3.30 bits per heavy atom. The van der Waals surface area contributed by atoms with E-state index in [-0.39, 0.29) is 0 Å². The van der Waals surface area contributed by atoms with Gasteiger partial charge in [0, 0.05) is 12.1 Å². The summed E-state index contributed by atoms with van der Waals surface area (Å²) in [6.07, 6.45) is 5.62. The molecular formula is C9H13N. The Balaban J connectivity index is 2.16. The first-order valence-corrected chi connectivity index (χ1v) is 3.87. The Bertz CT molecular complexity index is 193. The van der Waals surface area contributed by atoms with Gasteiger partial charge in [0.1, 0.15) is 0 Å². The van der Waals surface area contributed by atoms with Crippen LogP contribution in [0.3, 0.4) is 0 Å². The normalized spacial score (nSPS) is 43.7. The SMILES string of the molecule is C=C[C@@H]1CC(C)=C[C@@H]2N[C@H]12. The quantitative estimate of drug-likeness (QED) is 0.427. The highest BCUT2D eigenvalue weighted by Gasteiger charge is 2.41. The zero-order valence-corrected chi connectivity index (χ0v) is 6.30. The molecule has 0 aromatic rings. The highest BCUT2D eigenvalue weighted by molar-refractivity contribution is 5.25. The molecule has 1 aliphatic heterocycles. The van der Waals surface area contributed by atoms with Crippen molar-refractivity contribution in [1.82, 2.24) is 5.32 Å². The first-order chi connectivity index (χ1) is 4.81. The number of hydrogen-bond acceptors (Lipinski definition) is 1. The van der Waals surface area contributed by atoms with E-state index in [9.17, 15) is 0 Å². The first kappa shape index (κ1) is 6.17. The molecular weight excluding hydrogens is 122 g/mol. The number of nitrogens with one attached hydrogen (secondary N) is 1. The van der Waals surface area contributed by atoms with Gasteiger partial charge in [-0.25, -0.2) is 0 Å². The summed E-state index contributed by atoms with van der Waals surface area (Å²) in [6, 6.07) is 1.40. The van der Waals surface area contributed by atoms with Crippen LogP contribution in [0.2, 0.25) is 0 Å². The highest BCUT2D eigenvalue weighted by Crippen LogP contribution is 2.33. The summed E-state index contributed by atoms with van der Waals surface area (Å²) in [5.74, 6) is 0.690. The van der Waals surface area contributed by atoms with Crippen molar-refractivity contribution >= 4 is 0 Å². The average Bonchev–Trinajstić information content (AvgIpc) is 2.64. The fourth-order valence-corrected chi connectivity index (χ4v) is 1.81. The lowest BCUT2D eigenvalue weighted by atomic mass is 9.90. The van der Waals surface area contributed by atoms with Crippen molar-refractivity contribution in [2.24, 2.45) is 5.92 Å². The monoisotopic (exact) mass is 135 g/mol. The van der Waals surface area contributed by atoms with Crippen LogP contribution in [0.1, 0.15) is 13.3 Å². The second kappa shape index (κ2) is 1.96. The van der Waals surface area contributed by atoms with Gasteiger partial charge in [0.2, 0.25) is 0 Å². The maximum atomic E-state index is 3.83. The van der Waals surface area contributed by atoms with Crippen LogP contribution < -0.4 is 5.32 Å². The van der Waals surface area contributed by atoms with E-state index in [1.165, 1.54) is 12.0 Å². The molecule has 0 amide bonds. The molecule has 2 aliphatic rings. The van der Waals surface area contributed by atoms with Gasteiger partial charge in [-0.2, -0.15) is 0 Å². The lowest BCUT2D eigenvalue weighted by molar-refractivity contribution is 0.606. The van der Waals surface area contributed by atoms with E-state index in [0.29, 0.717) is 12.0 Å². The lowest BCUT2D eigenvalue weighted by Crippen LogP contribution is -2.12. The molecule has 1 saturated heterocycles. The molecule has 0 aromatic heterocycles. The molecule has 3 atom stereocenters. The van der Waals surface area contributed by atoms with E-state index in [0.717, 1.165) is 6.04 Å². The van der Waals surface area contributed by atoms with Gasteiger partial charge in [-0.15, -0.1) is 6.58 Å². The fraction of sp³-hybridized carbons (Fsp3) is 0.556. The smallest absolute Gasteiger partial charge is 0.0416 e. The zero-order chi connectivity index (χ0) is 7.14. The number of rotatable bonds is 1. The van der Waals surface area contributed by atoms with E-state index in [4.69, 9.17) is 0 Å². The standard InChI is InChI=1S/C9H13N/c1-3-7-4-6(2)5-8-9(7)10-8/h3,5,7-10H,1,4H2,2H3/t7-,8+,9-/m1/s1. The summed E-state index contributed by atoms with van der Waals surface area (Å²) >= 11 is 0. The summed E-state index contributed by atoms with van der Waals surface area (Å²) in [6.45, 7) is 6.03. The predicted octanol–water partition coefficient (Wildman–Crippen LogP) is 1.48. The van der Waals surface area contributed by atoms with Crippen LogP contribution in [0.4, 0.5) is 0 Å². The summed E-state index contributed by atoms with van der Waals surface area (Å²) in [7, 11) is 0. The van der Waals surface area contributed by atoms with Crippen molar-refractivity contribution in [2.75, 3.05) is 0 Å². The average molecular weight is 135 g/mol. The van der Waals surface area contributed by atoms with E-state index in [1.807, 2.05) is 0 Å². The van der Waals surface area contributed by atoms with Crippen molar-refractivity contribution in [3.8, 4) is 0 Å². The van der Waals surface area contributed by atoms with E-state index >= 15 is 0 Å². The summed E-state index contributed by atoms with van der Waals surface area (Å²) < 4.78 is 0. The van der Waals surface area contributed by atoms with E-state index < -0.39 is 0 Å². The van der Waals surface area contributed by atoms with Crippen molar-refractivity contribution in [2.45, 2.75) is 25.4 Å². The molecule has 1 aliphatic carbocycles. The van der Waals surface area contributed by atoms with Crippen molar-refractivity contribution in [3.05, 3.63) is 24.3 Å². The molecule has 1 heteroatoms. The summed E-state index contributed by atoms with van der Waals surface area (Å²) in [5, 5.41) is 3.41. The predicted molar refractivity (Wildman–Crippen MR) is 42.8 cm³/mol. The number of fused-ring (bicyclic) bond motifs is 1. The Kier molecular flexibility index (Phi) is 1.21. The minimum atomic E-state index is 0.678. The van der Waals surface area contributed by atoms with Crippen LogP contribution in [0.15, 0.2) is 24.3 Å². The molecule has 0 saturated carbocycles. The highest BCUT2D eigenvalue weighted by atomic mass is 15.2. The molecule has 54 valence electrons. The van der Waals surface area contributed by atoms with Crippen LogP contribution in [0.25, 0.3) is 0 Å². The Labute approximate surface area is 61.8 Å². The molecule has 1 nitrogen and oxygen atoms in total. The third-order valence-electron chi connectivity index (χ3n) is 2.45. The second-order valence-corrected chi connectivity index (χ2v) is 3.33. The Morgan fingerprint density at radius 1 is 1.80 bits per heavy atom. The van der Waals surface area contributed by atoms with Gasteiger partial charge < -0.3 is 5.32 Å². The van der Waals surface area contributed by atoms with Crippen molar-refractivity contribution < 1.29 is 0 Å². The lowest BCUT2D eigenvalue weighted by Gasteiger charge is -2.14. The molecule has 1 heterocycles. The first-order valence-electron chi connectivity index (χ1n) is 3.87. The molecule has 1 N–H and O–H groups in total. The number of hydrogen-bond donors (Lipinski definition) is 1.